The highest BCUT2D eigenvalue weighted by Crippen LogP contribution is 2.35. The number of nitrogens with two attached hydrogens (primary N) is 1. The monoisotopic (exact) mass is 254 g/mol. The second kappa shape index (κ2) is 5.87. The summed E-state index contributed by atoms with van der Waals surface area (Å²) in [6, 6.07) is 2.62. The molecule has 0 aromatic carbocycles. The number of hydrazine groups is 1. The van der Waals surface area contributed by atoms with Crippen molar-refractivity contribution in [1.82, 2.24) is 5.43 Å². The van der Waals surface area contributed by atoms with Crippen molar-refractivity contribution >= 4 is 23.1 Å². The van der Waals surface area contributed by atoms with Gasteiger partial charge in [-0.25, -0.2) is 0 Å². The highest BCUT2D eigenvalue weighted by atomic mass is 32.2. The van der Waals surface area contributed by atoms with Gasteiger partial charge in [0.15, 0.2) is 0 Å². The molecule has 2 heterocycles. The number of nitrogens with one attached hydrogen (secondary N) is 1. The smallest absolute Gasteiger partial charge is 0.0556 e. The van der Waals surface area contributed by atoms with Gasteiger partial charge < -0.3 is 0 Å². The Hall–Kier alpha value is -0.290. The topological polar surface area (TPSA) is 38.0 Å². The van der Waals surface area contributed by atoms with E-state index in [2.05, 4.69) is 18.1 Å². The molecule has 2 rings (SSSR count). The molecule has 0 spiro atoms. The highest BCUT2D eigenvalue weighted by molar-refractivity contribution is 7.98. The molecule has 0 amide bonds. The summed E-state index contributed by atoms with van der Waals surface area (Å²) >= 11 is 3.96. The first-order valence-corrected chi connectivity index (χ1v) is 7.58. The van der Waals surface area contributed by atoms with Gasteiger partial charge in [0, 0.05) is 15.5 Å². The molecule has 0 aliphatic carbocycles. The Balaban J connectivity index is 2.11. The summed E-state index contributed by atoms with van der Waals surface area (Å²) in [7, 11) is 0. The summed E-state index contributed by atoms with van der Waals surface area (Å²) in [6.45, 7) is 3.76. The number of thiophene rings is 1. The minimum absolute atomic E-state index is 0.290. The predicted octanol–water partition coefficient (Wildman–Crippen LogP) is 3.01. The molecule has 0 radical (unpaired) electrons. The van der Waals surface area contributed by atoms with Crippen molar-refractivity contribution in [3.63, 3.8) is 0 Å². The highest BCUT2D eigenvalue weighted by Gasteiger charge is 2.18. The van der Waals surface area contributed by atoms with Gasteiger partial charge in [-0.3, -0.25) is 11.3 Å². The summed E-state index contributed by atoms with van der Waals surface area (Å²) in [5.74, 6) is 8.06. The van der Waals surface area contributed by atoms with E-state index in [0.717, 1.165) is 12.8 Å². The van der Waals surface area contributed by atoms with Crippen LogP contribution in [-0.4, -0.2) is 5.75 Å². The Morgan fingerprint density at radius 2 is 2.50 bits per heavy atom. The zero-order valence-electron chi connectivity index (χ0n) is 9.37. The summed E-state index contributed by atoms with van der Waals surface area (Å²) in [5, 5.41) is 0. The molecule has 0 fully saturated rings. The summed E-state index contributed by atoms with van der Waals surface area (Å²) in [6.07, 6.45) is 5.22. The molecule has 1 unspecified atom stereocenters. The Labute approximate surface area is 105 Å². The fraction of sp³-hybridized carbons (Fsp3) is 0.500. The van der Waals surface area contributed by atoms with Crippen LogP contribution in [0.1, 0.15) is 34.2 Å². The van der Waals surface area contributed by atoms with E-state index in [1.54, 1.807) is 4.88 Å². The summed E-state index contributed by atoms with van der Waals surface area (Å²) in [4.78, 5) is 2.95. The molecule has 4 heteroatoms. The molecule has 2 nitrogen and oxygen atoms in total. The molecule has 1 aliphatic rings. The van der Waals surface area contributed by atoms with Crippen LogP contribution < -0.4 is 11.3 Å². The normalized spacial score (nSPS) is 16.8. The van der Waals surface area contributed by atoms with Gasteiger partial charge in [0.2, 0.25) is 0 Å². The third-order valence-corrected chi connectivity index (χ3v) is 5.21. The lowest BCUT2D eigenvalue weighted by Crippen LogP contribution is -2.27. The van der Waals surface area contributed by atoms with Crippen LogP contribution in [0.4, 0.5) is 0 Å². The third-order valence-electron chi connectivity index (χ3n) is 2.85. The molecule has 1 aliphatic heterocycles. The number of thioether (sulfide) groups is 1. The minimum Gasteiger partial charge on any atom is -0.271 e. The average molecular weight is 254 g/mol. The zero-order chi connectivity index (χ0) is 11.4. The second-order valence-electron chi connectivity index (χ2n) is 3.99. The van der Waals surface area contributed by atoms with E-state index in [0.29, 0.717) is 6.04 Å². The van der Waals surface area contributed by atoms with Gasteiger partial charge in [-0.1, -0.05) is 6.08 Å². The van der Waals surface area contributed by atoms with Crippen molar-refractivity contribution in [1.29, 1.82) is 0 Å². The Bertz CT molecular complexity index is 336. The first kappa shape index (κ1) is 12.2. The van der Waals surface area contributed by atoms with Crippen molar-refractivity contribution in [3.05, 3.63) is 34.0 Å². The summed E-state index contributed by atoms with van der Waals surface area (Å²) in [5.41, 5.74) is 4.44. The van der Waals surface area contributed by atoms with Crippen LogP contribution in [0.2, 0.25) is 0 Å². The lowest BCUT2D eigenvalue weighted by molar-refractivity contribution is 0.528. The van der Waals surface area contributed by atoms with Gasteiger partial charge >= 0.3 is 0 Å². The van der Waals surface area contributed by atoms with Crippen molar-refractivity contribution in [2.45, 2.75) is 31.1 Å². The molecule has 1 aromatic rings. The molecule has 0 saturated carbocycles. The molecule has 16 heavy (non-hydrogen) atoms. The summed E-state index contributed by atoms with van der Waals surface area (Å²) < 4.78 is 0. The standard InChI is InChI=1S/C12H18N2S2/c1-2-3-4-10(14-13)12-7-9-8-15-6-5-11(9)16-12/h2,7,10,14H,1,3-6,8,13H2. The van der Waals surface area contributed by atoms with Crippen LogP contribution in [0.5, 0.6) is 0 Å². The van der Waals surface area contributed by atoms with E-state index in [9.17, 15) is 0 Å². The van der Waals surface area contributed by atoms with Crippen LogP contribution in [0.25, 0.3) is 0 Å². The molecule has 1 atom stereocenters. The van der Waals surface area contributed by atoms with E-state index in [1.165, 1.54) is 28.4 Å². The zero-order valence-corrected chi connectivity index (χ0v) is 11.0. The van der Waals surface area contributed by atoms with Gasteiger partial charge in [-0.05, 0) is 36.6 Å². The van der Waals surface area contributed by atoms with Gasteiger partial charge in [0.1, 0.15) is 0 Å². The van der Waals surface area contributed by atoms with Gasteiger partial charge in [-0.2, -0.15) is 11.8 Å². The van der Waals surface area contributed by atoms with Crippen LogP contribution in [-0.2, 0) is 12.2 Å². The number of aryl methyl sites for hydroxylation is 1. The fourth-order valence-corrected chi connectivity index (χ4v) is 4.41. The van der Waals surface area contributed by atoms with Crippen molar-refractivity contribution < 1.29 is 0 Å². The number of hydrogen-bond acceptors (Lipinski definition) is 4. The number of hydrogen-bond donors (Lipinski definition) is 2. The fourth-order valence-electron chi connectivity index (χ4n) is 1.93. The minimum atomic E-state index is 0.290. The quantitative estimate of drug-likeness (QED) is 0.482. The third kappa shape index (κ3) is 2.69. The lowest BCUT2D eigenvalue weighted by Gasteiger charge is -2.12. The van der Waals surface area contributed by atoms with E-state index in [1.807, 2.05) is 29.2 Å². The van der Waals surface area contributed by atoms with E-state index in [4.69, 9.17) is 5.84 Å². The molecule has 0 saturated heterocycles. The van der Waals surface area contributed by atoms with Gasteiger partial charge in [0.05, 0.1) is 6.04 Å². The van der Waals surface area contributed by atoms with Gasteiger partial charge in [0.25, 0.3) is 0 Å². The maximum atomic E-state index is 5.62. The van der Waals surface area contributed by atoms with Crippen molar-refractivity contribution in [2.75, 3.05) is 5.75 Å². The number of fused-ring (bicyclic) bond motifs is 1. The predicted molar refractivity (Wildman–Crippen MR) is 73.7 cm³/mol. The van der Waals surface area contributed by atoms with Crippen LogP contribution in [0, 0.1) is 0 Å². The van der Waals surface area contributed by atoms with Gasteiger partial charge in [-0.15, -0.1) is 17.9 Å². The number of allylic oxidation sites excluding steroid dienone is 1. The average Bonchev–Trinajstić information content (AvgIpc) is 2.73. The Kier molecular flexibility index (Phi) is 4.46. The second-order valence-corrected chi connectivity index (χ2v) is 6.26. The maximum absolute atomic E-state index is 5.62. The van der Waals surface area contributed by atoms with Crippen LogP contribution >= 0.6 is 23.1 Å². The molecule has 3 N–H and O–H groups in total. The SMILES string of the molecule is C=CCCC(NN)c1cc2c(s1)CCSC2. The first-order chi connectivity index (χ1) is 7.85. The van der Waals surface area contributed by atoms with Crippen molar-refractivity contribution in [3.8, 4) is 0 Å². The first-order valence-electron chi connectivity index (χ1n) is 5.61. The molecule has 1 aromatic heterocycles. The number of rotatable bonds is 5. The van der Waals surface area contributed by atoms with Crippen LogP contribution in [0.15, 0.2) is 18.7 Å². The van der Waals surface area contributed by atoms with E-state index in [-0.39, 0.29) is 0 Å². The maximum Gasteiger partial charge on any atom is 0.0556 e. The lowest BCUT2D eigenvalue weighted by atomic mass is 10.1. The molecular formula is C12H18N2S2. The van der Waals surface area contributed by atoms with E-state index < -0.39 is 0 Å². The molecule has 0 bridgehead atoms. The Morgan fingerprint density at radius 1 is 1.62 bits per heavy atom. The molecular weight excluding hydrogens is 236 g/mol. The largest absolute Gasteiger partial charge is 0.271 e. The molecule has 88 valence electrons. The van der Waals surface area contributed by atoms with Crippen LogP contribution in [0.3, 0.4) is 0 Å². The van der Waals surface area contributed by atoms with E-state index >= 15 is 0 Å². The Morgan fingerprint density at radius 3 is 3.19 bits per heavy atom. The van der Waals surface area contributed by atoms with Crippen molar-refractivity contribution in [2.24, 2.45) is 5.84 Å².